The Balaban J connectivity index is 3.68. The Morgan fingerprint density at radius 2 is 2.00 bits per heavy atom. The van der Waals surface area contributed by atoms with Crippen LogP contribution in [-0.4, -0.2) is 5.71 Å². The van der Waals surface area contributed by atoms with Gasteiger partial charge in [-0.25, -0.2) is 4.99 Å². The van der Waals surface area contributed by atoms with Crippen LogP contribution < -0.4 is 0 Å². The summed E-state index contributed by atoms with van der Waals surface area (Å²) in [5.74, 6) is 0. The quantitative estimate of drug-likeness (QED) is 0.369. The van der Waals surface area contributed by atoms with E-state index >= 15 is 0 Å². The van der Waals surface area contributed by atoms with Gasteiger partial charge in [0.25, 0.3) is 0 Å². The number of hydrogen-bond donors (Lipinski definition) is 0. The molecule has 0 aliphatic rings. The zero-order chi connectivity index (χ0) is 5.86. The second kappa shape index (κ2) is 2.80. The van der Waals surface area contributed by atoms with Crippen molar-refractivity contribution in [3.63, 3.8) is 0 Å². The van der Waals surface area contributed by atoms with E-state index in [2.05, 4.69) is 11.6 Å². The van der Waals surface area contributed by atoms with Crippen LogP contribution in [0.4, 0.5) is 0 Å². The van der Waals surface area contributed by atoms with E-state index in [1.165, 1.54) is 0 Å². The molecule has 0 unspecified atom stereocenters. The van der Waals surface area contributed by atoms with Crippen LogP contribution in [0.15, 0.2) is 16.7 Å². The monoisotopic (exact) mass is 117 g/mol. The Labute approximate surface area is 48.7 Å². The molecule has 0 aliphatic carbocycles. The lowest BCUT2D eigenvalue weighted by molar-refractivity contribution is 1.48. The molecule has 0 radical (unpaired) electrons. The first-order chi connectivity index (χ1) is 3.13. The highest BCUT2D eigenvalue weighted by atomic mass is 35.5. The van der Waals surface area contributed by atoms with Crippen molar-refractivity contribution in [1.29, 1.82) is 0 Å². The summed E-state index contributed by atoms with van der Waals surface area (Å²) >= 11 is 5.29. The van der Waals surface area contributed by atoms with Crippen LogP contribution in [0.1, 0.15) is 13.8 Å². The van der Waals surface area contributed by atoms with E-state index in [1.807, 2.05) is 13.8 Å². The smallest absolute Gasteiger partial charge is 0.121 e. The summed E-state index contributed by atoms with van der Waals surface area (Å²) in [5.41, 5.74) is 0.931. The van der Waals surface area contributed by atoms with Crippen LogP contribution in [0.5, 0.6) is 0 Å². The Kier molecular flexibility index (Phi) is 2.68. The molecule has 0 saturated heterocycles. The van der Waals surface area contributed by atoms with Crippen molar-refractivity contribution in [2.45, 2.75) is 13.8 Å². The third-order valence-corrected chi connectivity index (χ3v) is 0.429. The highest BCUT2D eigenvalue weighted by Gasteiger charge is 1.77. The van der Waals surface area contributed by atoms with Gasteiger partial charge in [0, 0.05) is 5.71 Å². The largest absolute Gasteiger partial charge is 0.247 e. The molecule has 0 aromatic rings. The van der Waals surface area contributed by atoms with Gasteiger partial charge in [0.1, 0.15) is 5.16 Å². The van der Waals surface area contributed by atoms with Gasteiger partial charge in [-0.3, -0.25) is 0 Å². The predicted octanol–water partition coefficient (Wildman–Crippen LogP) is 2.18. The standard InChI is InChI=1S/C5H8ClN/c1-4(2)7-5(3)6/h3H2,1-2H3. The molecule has 0 rings (SSSR count). The van der Waals surface area contributed by atoms with Gasteiger partial charge in [-0.15, -0.1) is 0 Å². The highest BCUT2D eigenvalue weighted by molar-refractivity contribution is 6.29. The minimum absolute atomic E-state index is 0.347. The van der Waals surface area contributed by atoms with E-state index < -0.39 is 0 Å². The first-order valence-corrected chi connectivity index (χ1v) is 2.37. The van der Waals surface area contributed by atoms with Crippen LogP contribution in [0.2, 0.25) is 0 Å². The number of rotatable bonds is 1. The fraction of sp³-hybridized carbons (Fsp3) is 0.400. The summed E-state index contributed by atoms with van der Waals surface area (Å²) in [6.07, 6.45) is 0. The third kappa shape index (κ3) is 5.70. The number of aliphatic imine (C=N–C) groups is 1. The molecule has 0 spiro atoms. The average Bonchev–Trinajstić information content (AvgIpc) is 1.27. The maximum atomic E-state index is 5.29. The van der Waals surface area contributed by atoms with E-state index in [0.29, 0.717) is 5.16 Å². The molecule has 0 amide bonds. The minimum atomic E-state index is 0.347. The minimum Gasteiger partial charge on any atom is -0.247 e. The topological polar surface area (TPSA) is 12.4 Å². The van der Waals surface area contributed by atoms with E-state index in [4.69, 9.17) is 11.6 Å². The zero-order valence-corrected chi connectivity index (χ0v) is 5.29. The van der Waals surface area contributed by atoms with E-state index in [9.17, 15) is 0 Å². The van der Waals surface area contributed by atoms with Crippen molar-refractivity contribution in [2.75, 3.05) is 0 Å². The van der Waals surface area contributed by atoms with Crippen molar-refractivity contribution in [1.82, 2.24) is 0 Å². The van der Waals surface area contributed by atoms with Crippen molar-refractivity contribution in [3.8, 4) is 0 Å². The van der Waals surface area contributed by atoms with Crippen LogP contribution >= 0.6 is 11.6 Å². The SMILES string of the molecule is C=C(Cl)N=C(C)C. The second-order valence-electron chi connectivity index (χ2n) is 1.44. The van der Waals surface area contributed by atoms with Gasteiger partial charge in [0.05, 0.1) is 0 Å². The Morgan fingerprint density at radius 3 is 2.00 bits per heavy atom. The summed E-state index contributed by atoms with van der Waals surface area (Å²) in [6.45, 7) is 7.11. The summed E-state index contributed by atoms with van der Waals surface area (Å²) in [6, 6.07) is 0. The molecule has 0 aromatic heterocycles. The molecule has 0 aromatic carbocycles. The molecule has 0 saturated carbocycles. The van der Waals surface area contributed by atoms with Gasteiger partial charge in [-0.2, -0.15) is 0 Å². The number of hydrogen-bond acceptors (Lipinski definition) is 1. The third-order valence-electron chi connectivity index (χ3n) is 0.345. The molecule has 0 bridgehead atoms. The first-order valence-electron chi connectivity index (χ1n) is 1.99. The van der Waals surface area contributed by atoms with Gasteiger partial charge in [-0.05, 0) is 13.8 Å². The lowest BCUT2D eigenvalue weighted by atomic mass is 10.5. The van der Waals surface area contributed by atoms with Crippen molar-refractivity contribution in [2.24, 2.45) is 4.99 Å². The Bertz CT molecular complexity index is 101. The molecule has 2 heteroatoms. The maximum absolute atomic E-state index is 5.29. The maximum Gasteiger partial charge on any atom is 0.121 e. The Morgan fingerprint density at radius 1 is 1.57 bits per heavy atom. The van der Waals surface area contributed by atoms with Crippen molar-refractivity contribution < 1.29 is 0 Å². The van der Waals surface area contributed by atoms with Crippen LogP contribution in [0, 0.1) is 0 Å². The van der Waals surface area contributed by atoms with Crippen LogP contribution in [0.25, 0.3) is 0 Å². The fourth-order valence-corrected chi connectivity index (χ4v) is 0.412. The van der Waals surface area contributed by atoms with Crippen LogP contribution in [0.3, 0.4) is 0 Å². The van der Waals surface area contributed by atoms with Crippen molar-refractivity contribution in [3.05, 3.63) is 11.7 Å². The average molecular weight is 118 g/mol. The lowest BCUT2D eigenvalue weighted by Crippen LogP contribution is -1.76. The molecule has 0 heterocycles. The van der Waals surface area contributed by atoms with E-state index in [0.717, 1.165) is 5.71 Å². The second-order valence-corrected chi connectivity index (χ2v) is 1.87. The Hall–Kier alpha value is -0.300. The molecule has 0 atom stereocenters. The number of halogens is 1. The van der Waals surface area contributed by atoms with E-state index in [-0.39, 0.29) is 0 Å². The van der Waals surface area contributed by atoms with Gasteiger partial charge >= 0.3 is 0 Å². The summed E-state index contributed by atoms with van der Waals surface area (Å²) in [5, 5.41) is 0.347. The highest BCUT2D eigenvalue weighted by Crippen LogP contribution is 1.97. The first kappa shape index (κ1) is 6.70. The van der Waals surface area contributed by atoms with E-state index in [1.54, 1.807) is 0 Å². The molecular weight excluding hydrogens is 110 g/mol. The van der Waals surface area contributed by atoms with Crippen LogP contribution in [-0.2, 0) is 0 Å². The molecule has 7 heavy (non-hydrogen) atoms. The number of nitrogens with zero attached hydrogens (tertiary/aromatic N) is 1. The molecule has 40 valence electrons. The van der Waals surface area contributed by atoms with Crippen molar-refractivity contribution >= 4 is 17.3 Å². The molecule has 1 nitrogen and oxygen atoms in total. The summed E-state index contributed by atoms with van der Waals surface area (Å²) < 4.78 is 0. The summed E-state index contributed by atoms with van der Waals surface area (Å²) in [4.78, 5) is 3.77. The normalized spacial score (nSPS) is 7.86. The van der Waals surface area contributed by atoms with Gasteiger partial charge in [-0.1, -0.05) is 18.2 Å². The molecule has 0 aliphatic heterocycles. The molecule has 0 N–H and O–H groups in total. The zero-order valence-electron chi connectivity index (χ0n) is 4.53. The van der Waals surface area contributed by atoms with Gasteiger partial charge in [0.15, 0.2) is 0 Å². The lowest BCUT2D eigenvalue weighted by Gasteiger charge is -1.83. The molecular formula is C5H8ClN. The molecule has 0 fully saturated rings. The van der Waals surface area contributed by atoms with Gasteiger partial charge < -0.3 is 0 Å². The summed E-state index contributed by atoms with van der Waals surface area (Å²) in [7, 11) is 0. The fourth-order valence-electron chi connectivity index (χ4n) is 0.243. The predicted molar refractivity (Wildman–Crippen MR) is 33.8 cm³/mol. The van der Waals surface area contributed by atoms with Gasteiger partial charge in [0.2, 0.25) is 0 Å².